The first kappa shape index (κ1) is 12.4. The second kappa shape index (κ2) is 5.54. The number of carbonyl (C=O) groups is 1. The van der Waals surface area contributed by atoms with Gasteiger partial charge in [0.05, 0.1) is 12.1 Å². The van der Waals surface area contributed by atoms with Crippen LogP contribution in [0.1, 0.15) is 44.9 Å². The summed E-state index contributed by atoms with van der Waals surface area (Å²) in [5.74, 6) is 0. The van der Waals surface area contributed by atoms with Crippen LogP contribution < -0.4 is 10.6 Å². The van der Waals surface area contributed by atoms with E-state index in [2.05, 4.69) is 22.8 Å². The molecule has 0 radical (unpaired) electrons. The van der Waals surface area contributed by atoms with E-state index in [1.54, 1.807) is 0 Å². The molecular weight excluding hydrogens is 216 g/mol. The van der Waals surface area contributed by atoms with Crippen LogP contribution in [0.4, 0.5) is 4.79 Å². The van der Waals surface area contributed by atoms with Crippen molar-refractivity contribution in [2.75, 3.05) is 6.61 Å². The van der Waals surface area contributed by atoms with Crippen LogP contribution in [0.5, 0.6) is 0 Å². The molecule has 0 aliphatic heterocycles. The van der Waals surface area contributed by atoms with Gasteiger partial charge in [-0.2, -0.15) is 0 Å². The first-order chi connectivity index (χ1) is 8.24. The average Bonchev–Trinajstić information content (AvgIpc) is 2.79. The fourth-order valence-electron chi connectivity index (χ4n) is 2.76. The van der Waals surface area contributed by atoms with Gasteiger partial charge in [0.1, 0.15) is 0 Å². The van der Waals surface area contributed by atoms with Gasteiger partial charge < -0.3 is 15.7 Å². The summed E-state index contributed by atoms with van der Waals surface area (Å²) in [6, 6.07) is 0.124. The first-order valence-electron chi connectivity index (χ1n) is 6.59. The molecule has 2 aliphatic carbocycles. The van der Waals surface area contributed by atoms with Crippen LogP contribution in [0, 0.1) is 0 Å². The van der Waals surface area contributed by atoms with Gasteiger partial charge >= 0.3 is 6.03 Å². The normalized spacial score (nSPS) is 26.8. The Morgan fingerprint density at radius 1 is 1.35 bits per heavy atom. The van der Waals surface area contributed by atoms with Crippen LogP contribution >= 0.6 is 0 Å². The largest absolute Gasteiger partial charge is 0.394 e. The van der Waals surface area contributed by atoms with Gasteiger partial charge in [0, 0.05) is 6.04 Å². The summed E-state index contributed by atoms with van der Waals surface area (Å²) in [6.07, 6.45) is 11.2. The van der Waals surface area contributed by atoms with Gasteiger partial charge in [0.15, 0.2) is 0 Å². The highest BCUT2D eigenvalue weighted by atomic mass is 16.3. The Balaban J connectivity index is 1.81. The van der Waals surface area contributed by atoms with Crippen molar-refractivity contribution in [2.45, 2.75) is 56.5 Å². The van der Waals surface area contributed by atoms with Crippen molar-refractivity contribution < 1.29 is 9.90 Å². The highest BCUT2D eigenvalue weighted by Gasteiger charge is 2.34. The van der Waals surface area contributed by atoms with E-state index in [4.69, 9.17) is 0 Å². The Kier molecular flexibility index (Phi) is 4.05. The molecule has 2 aliphatic rings. The molecule has 4 nitrogen and oxygen atoms in total. The van der Waals surface area contributed by atoms with Crippen molar-refractivity contribution in [3.8, 4) is 0 Å². The maximum atomic E-state index is 11.9. The molecule has 96 valence electrons. The van der Waals surface area contributed by atoms with E-state index >= 15 is 0 Å². The minimum atomic E-state index is -0.366. The molecule has 0 bridgehead atoms. The van der Waals surface area contributed by atoms with Crippen LogP contribution in [0.15, 0.2) is 12.2 Å². The van der Waals surface area contributed by atoms with E-state index in [9.17, 15) is 9.90 Å². The third-order valence-electron chi connectivity index (χ3n) is 3.85. The number of carbonyl (C=O) groups excluding carboxylic acids is 1. The minimum absolute atomic E-state index is 0.0466. The standard InChI is InChI=1S/C13H22N2O2/c16-10-13(8-4-5-9-13)15-12(17)14-11-6-2-1-3-7-11/h1-2,11,16H,3-10H2,(H2,14,15,17). The smallest absolute Gasteiger partial charge is 0.315 e. The summed E-state index contributed by atoms with van der Waals surface area (Å²) in [5.41, 5.74) is -0.366. The third-order valence-corrected chi connectivity index (χ3v) is 3.85. The van der Waals surface area contributed by atoms with E-state index in [-0.39, 0.29) is 24.2 Å². The molecule has 1 unspecified atom stereocenters. The molecule has 1 saturated carbocycles. The van der Waals surface area contributed by atoms with E-state index in [1.165, 1.54) is 0 Å². The molecule has 1 fully saturated rings. The zero-order chi connectivity index (χ0) is 12.1. The summed E-state index contributed by atoms with van der Waals surface area (Å²) < 4.78 is 0. The van der Waals surface area contributed by atoms with Gasteiger partial charge in [-0.1, -0.05) is 25.0 Å². The third kappa shape index (κ3) is 3.22. The van der Waals surface area contributed by atoms with Gasteiger partial charge in [0.25, 0.3) is 0 Å². The van der Waals surface area contributed by atoms with E-state index in [0.29, 0.717) is 0 Å². The maximum Gasteiger partial charge on any atom is 0.315 e. The lowest BCUT2D eigenvalue weighted by Gasteiger charge is -2.29. The Labute approximate surface area is 102 Å². The number of aliphatic hydroxyl groups is 1. The molecule has 2 amide bonds. The number of rotatable bonds is 3. The number of aliphatic hydroxyl groups excluding tert-OH is 1. The Morgan fingerprint density at radius 2 is 2.12 bits per heavy atom. The number of hydrogen-bond acceptors (Lipinski definition) is 2. The molecule has 0 spiro atoms. The summed E-state index contributed by atoms with van der Waals surface area (Å²) in [4.78, 5) is 11.9. The van der Waals surface area contributed by atoms with Crippen LogP contribution in [0.3, 0.4) is 0 Å². The topological polar surface area (TPSA) is 61.4 Å². The van der Waals surface area contributed by atoms with Crippen molar-refractivity contribution in [3.05, 3.63) is 12.2 Å². The highest BCUT2D eigenvalue weighted by Crippen LogP contribution is 2.29. The molecule has 2 rings (SSSR count). The quantitative estimate of drug-likeness (QED) is 0.655. The molecule has 0 aromatic carbocycles. The fourth-order valence-corrected chi connectivity index (χ4v) is 2.76. The average molecular weight is 238 g/mol. The Hall–Kier alpha value is -1.03. The molecule has 0 aromatic rings. The fraction of sp³-hybridized carbons (Fsp3) is 0.769. The Morgan fingerprint density at radius 3 is 2.71 bits per heavy atom. The molecular formula is C13H22N2O2. The van der Waals surface area contributed by atoms with Crippen molar-refractivity contribution in [3.63, 3.8) is 0 Å². The lowest BCUT2D eigenvalue weighted by atomic mass is 9.99. The van der Waals surface area contributed by atoms with Gasteiger partial charge in [-0.25, -0.2) is 4.79 Å². The Bertz CT molecular complexity index is 296. The van der Waals surface area contributed by atoms with Gasteiger partial charge in [-0.15, -0.1) is 0 Å². The molecule has 0 saturated heterocycles. The van der Waals surface area contributed by atoms with Gasteiger partial charge in [-0.05, 0) is 32.1 Å². The zero-order valence-corrected chi connectivity index (χ0v) is 10.2. The number of allylic oxidation sites excluding steroid dienone is 1. The van der Waals surface area contributed by atoms with Crippen molar-refractivity contribution in [2.24, 2.45) is 0 Å². The lowest BCUT2D eigenvalue weighted by Crippen LogP contribution is -2.54. The predicted molar refractivity (Wildman–Crippen MR) is 66.7 cm³/mol. The summed E-state index contributed by atoms with van der Waals surface area (Å²) in [5, 5.41) is 15.4. The molecule has 1 atom stereocenters. The number of urea groups is 1. The summed E-state index contributed by atoms with van der Waals surface area (Å²) in [6.45, 7) is 0.0466. The number of nitrogens with one attached hydrogen (secondary N) is 2. The van der Waals surface area contributed by atoms with E-state index < -0.39 is 0 Å². The monoisotopic (exact) mass is 238 g/mol. The van der Waals surface area contributed by atoms with Crippen molar-refractivity contribution in [1.29, 1.82) is 0 Å². The van der Waals surface area contributed by atoms with Crippen LogP contribution in [0.2, 0.25) is 0 Å². The molecule has 4 heteroatoms. The van der Waals surface area contributed by atoms with Crippen LogP contribution in [-0.2, 0) is 0 Å². The first-order valence-corrected chi connectivity index (χ1v) is 6.59. The maximum absolute atomic E-state index is 11.9. The zero-order valence-electron chi connectivity index (χ0n) is 10.2. The molecule has 0 heterocycles. The SMILES string of the molecule is O=C(NC1CC=CCC1)NC1(CO)CCCC1. The van der Waals surface area contributed by atoms with Gasteiger partial charge in [0.2, 0.25) is 0 Å². The summed E-state index contributed by atoms with van der Waals surface area (Å²) in [7, 11) is 0. The predicted octanol–water partition coefficient (Wildman–Crippen LogP) is 1.70. The van der Waals surface area contributed by atoms with Crippen LogP contribution in [-0.4, -0.2) is 29.3 Å². The van der Waals surface area contributed by atoms with Crippen molar-refractivity contribution in [1.82, 2.24) is 10.6 Å². The summed E-state index contributed by atoms with van der Waals surface area (Å²) >= 11 is 0. The minimum Gasteiger partial charge on any atom is -0.394 e. The van der Waals surface area contributed by atoms with Crippen molar-refractivity contribution >= 4 is 6.03 Å². The molecule has 17 heavy (non-hydrogen) atoms. The van der Waals surface area contributed by atoms with Gasteiger partial charge in [-0.3, -0.25) is 0 Å². The number of amides is 2. The van der Waals surface area contributed by atoms with Crippen LogP contribution in [0.25, 0.3) is 0 Å². The second-order valence-corrected chi connectivity index (χ2v) is 5.23. The van der Waals surface area contributed by atoms with E-state index in [1.807, 2.05) is 0 Å². The molecule has 3 N–H and O–H groups in total. The highest BCUT2D eigenvalue weighted by molar-refractivity contribution is 5.75. The number of hydrogen-bond donors (Lipinski definition) is 3. The lowest BCUT2D eigenvalue weighted by molar-refractivity contribution is 0.161. The van der Waals surface area contributed by atoms with E-state index in [0.717, 1.165) is 44.9 Å². The molecule has 0 aromatic heterocycles. The second-order valence-electron chi connectivity index (χ2n) is 5.23.